The Hall–Kier alpha value is -1.92. The Morgan fingerprint density at radius 2 is 1.74 bits per heavy atom. The maximum atomic E-state index is 12.3. The van der Waals surface area contributed by atoms with E-state index >= 15 is 0 Å². The van der Waals surface area contributed by atoms with Crippen LogP contribution in [0.4, 0.5) is 0 Å². The molecule has 0 bridgehead atoms. The lowest BCUT2D eigenvalue weighted by Crippen LogP contribution is -2.28. The van der Waals surface area contributed by atoms with Crippen molar-refractivity contribution in [3.63, 3.8) is 0 Å². The van der Waals surface area contributed by atoms with Crippen LogP contribution in [0.25, 0.3) is 0 Å². The summed E-state index contributed by atoms with van der Waals surface area (Å²) < 4.78 is 10.3. The average molecular weight is 396 g/mol. The number of aryl methyl sites for hydroxylation is 1. The monoisotopic (exact) mass is 395 g/mol. The second kappa shape index (κ2) is 11.0. The first-order valence-corrected chi connectivity index (χ1v) is 9.79. The van der Waals surface area contributed by atoms with Crippen LogP contribution in [-0.2, 0) is 25.5 Å². The molecule has 0 aromatic heterocycles. The first-order chi connectivity index (χ1) is 13.0. The molecule has 0 heterocycles. The van der Waals surface area contributed by atoms with Gasteiger partial charge < -0.3 is 15.2 Å². The van der Waals surface area contributed by atoms with Gasteiger partial charge in [-0.1, -0.05) is 12.1 Å². The molecular weight excluding hydrogens is 370 g/mol. The Balaban J connectivity index is 1.74. The van der Waals surface area contributed by atoms with Crippen molar-refractivity contribution in [2.75, 3.05) is 19.0 Å². The molecule has 27 heavy (non-hydrogen) atoms. The first-order valence-electron chi connectivity index (χ1n) is 9.25. The van der Waals surface area contributed by atoms with Crippen LogP contribution in [0.5, 0.6) is 5.75 Å². The van der Waals surface area contributed by atoms with E-state index in [4.69, 9.17) is 26.8 Å². The number of rotatable bonds is 9. The minimum Gasteiger partial charge on any atom is -0.458 e. The lowest BCUT2D eigenvalue weighted by atomic mass is 9.82. The number of Topliss-reactive ketones (excluding diaryl/α,β-unsaturated/α-hetero) is 1. The van der Waals surface area contributed by atoms with E-state index in [1.165, 1.54) is 0 Å². The van der Waals surface area contributed by atoms with Gasteiger partial charge in [-0.15, -0.1) is 11.6 Å². The molecule has 148 valence electrons. The predicted molar refractivity (Wildman–Crippen MR) is 102 cm³/mol. The van der Waals surface area contributed by atoms with Gasteiger partial charge in [0.05, 0.1) is 11.8 Å². The summed E-state index contributed by atoms with van der Waals surface area (Å²) in [6.07, 6.45) is 4.24. The molecular formula is C20H26ClNO5. The van der Waals surface area contributed by atoms with Gasteiger partial charge in [-0.3, -0.25) is 14.4 Å². The Kier molecular flexibility index (Phi) is 8.75. The molecule has 1 aromatic rings. The van der Waals surface area contributed by atoms with E-state index in [9.17, 15) is 14.4 Å². The summed E-state index contributed by atoms with van der Waals surface area (Å²) in [7, 11) is 0. The number of carbonyl (C=O) groups is 3. The minimum atomic E-state index is -0.447. The fourth-order valence-electron chi connectivity index (χ4n) is 3.08. The van der Waals surface area contributed by atoms with Crippen molar-refractivity contribution in [1.29, 1.82) is 0 Å². The van der Waals surface area contributed by atoms with E-state index in [1.54, 1.807) is 12.1 Å². The highest BCUT2D eigenvalue weighted by molar-refractivity contribution is 6.27. The summed E-state index contributed by atoms with van der Waals surface area (Å²) >= 11 is 5.34. The Labute approximate surface area is 164 Å². The van der Waals surface area contributed by atoms with Gasteiger partial charge in [-0.25, -0.2) is 0 Å². The van der Waals surface area contributed by atoms with E-state index in [1.807, 2.05) is 12.1 Å². The molecule has 0 spiro atoms. The molecule has 1 aliphatic carbocycles. The van der Waals surface area contributed by atoms with Gasteiger partial charge in [0.1, 0.15) is 5.75 Å². The van der Waals surface area contributed by atoms with Crippen LogP contribution in [0.15, 0.2) is 24.3 Å². The Morgan fingerprint density at radius 1 is 1.07 bits per heavy atom. The number of nitrogens with two attached hydrogens (primary N) is 1. The van der Waals surface area contributed by atoms with Crippen molar-refractivity contribution < 1.29 is 23.9 Å². The fourth-order valence-corrected chi connectivity index (χ4v) is 3.15. The number of esters is 2. The summed E-state index contributed by atoms with van der Waals surface area (Å²) in [6, 6.07) is 7.07. The largest absolute Gasteiger partial charge is 0.458 e. The highest BCUT2D eigenvalue weighted by Gasteiger charge is 2.27. The molecule has 6 nitrogen and oxygen atoms in total. The normalized spacial score (nSPS) is 19.3. The van der Waals surface area contributed by atoms with Crippen LogP contribution in [0.1, 0.15) is 37.7 Å². The van der Waals surface area contributed by atoms with E-state index in [2.05, 4.69) is 0 Å². The van der Waals surface area contributed by atoms with Crippen molar-refractivity contribution in [3.05, 3.63) is 29.8 Å². The molecule has 1 aromatic carbocycles. The summed E-state index contributed by atoms with van der Waals surface area (Å²) in [5.74, 6) is -0.163. The molecule has 1 saturated carbocycles. The number of ketones is 1. The molecule has 2 N–H and O–H groups in total. The lowest BCUT2D eigenvalue weighted by Gasteiger charge is -2.26. The molecule has 0 atom stereocenters. The van der Waals surface area contributed by atoms with Crippen LogP contribution >= 0.6 is 11.6 Å². The van der Waals surface area contributed by atoms with Crippen LogP contribution in [0.2, 0.25) is 0 Å². The maximum absolute atomic E-state index is 12.3. The van der Waals surface area contributed by atoms with Gasteiger partial charge in [-0.2, -0.15) is 0 Å². The molecule has 0 amide bonds. The molecule has 1 aliphatic rings. The summed E-state index contributed by atoms with van der Waals surface area (Å²) in [5.41, 5.74) is 6.59. The predicted octanol–water partition coefficient (Wildman–Crippen LogP) is 2.64. The zero-order chi connectivity index (χ0) is 19.6. The summed E-state index contributed by atoms with van der Waals surface area (Å²) in [6.45, 7) is 0.393. The summed E-state index contributed by atoms with van der Waals surface area (Å²) in [4.78, 5) is 34.8. The van der Waals surface area contributed by atoms with Crippen molar-refractivity contribution in [1.82, 2.24) is 0 Å². The number of alkyl halides is 1. The van der Waals surface area contributed by atoms with E-state index in [0.29, 0.717) is 24.6 Å². The average Bonchev–Trinajstić information content (AvgIpc) is 2.71. The highest BCUT2D eigenvalue weighted by Crippen LogP contribution is 2.29. The lowest BCUT2D eigenvalue weighted by molar-refractivity contribution is -0.147. The summed E-state index contributed by atoms with van der Waals surface area (Å²) in [5, 5.41) is 0. The minimum absolute atomic E-state index is 0.0575. The molecule has 0 saturated heterocycles. The standard InChI is InChI=1S/C20H26ClNO5/c21-11-17(23)13-26-19(24)10-5-14-3-8-18(9-4-14)27-20(25)16-6-1-15(12-22)2-7-16/h3-4,8-9,15-16H,1-2,5-7,10-13,22H2/t15-,16-. The van der Waals surface area contributed by atoms with E-state index in [-0.39, 0.29) is 36.6 Å². The van der Waals surface area contributed by atoms with Crippen LogP contribution in [0.3, 0.4) is 0 Å². The van der Waals surface area contributed by atoms with Gasteiger partial charge >= 0.3 is 11.9 Å². The fraction of sp³-hybridized carbons (Fsp3) is 0.550. The molecule has 7 heteroatoms. The highest BCUT2D eigenvalue weighted by atomic mass is 35.5. The number of halogens is 1. The van der Waals surface area contributed by atoms with E-state index in [0.717, 1.165) is 31.2 Å². The van der Waals surface area contributed by atoms with Crippen LogP contribution in [-0.4, -0.2) is 36.8 Å². The second-order valence-electron chi connectivity index (χ2n) is 6.85. The van der Waals surface area contributed by atoms with Crippen LogP contribution < -0.4 is 10.5 Å². The SMILES string of the molecule is NC[C@H]1CC[C@H](C(=O)Oc2ccc(CCC(=O)OCC(=O)CCl)cc2)CC1. The zero-order valence-electron chi connectivity index (χ0n) is 15.3. The van der Waals surface area contributed by atoms with Gasteiger partial charge in [-0.05, 0) is 62.3 Å². The smallest absolute Gasteiger partial charge is 0.314 e. The number of benzene rings is 1. The van der Waals surface area contributed by atoms with Gasteiger partial charge in [0.15, 0.2) is 12.4 Å². The molecule has 0 unspecified atom stereocenters. The molecule has 0 aliphatic heterocycles. The maximum Gasteiger partial charge on any atom is 0.314 e. The third-order valence-corrected chi connectivity index (χ3v) is 5.11. The van der Waals surface area contributed by atoms with Crippen molar-refractivity contribution in [3.8, 4) is 5.75 Å². The Bertz CT molecular complexity index is 638. The molecule has 0 radical (unpaired) electrons. The Morgan fingerprint density at radius 3 is 2.33 bits per heavy atom. The third kappa shape index (κ3) is 7.31. The first kappa shape index (κ1) is 21.4. The van der Waals surface area contributed by atoms with Crippen molar-refractivity contribution in [2.24, 2.45) is 17.6 Å². The van der Waals surface area contributed by atoms with Crippen LogP contribution in [0, 0.1) is 11.8 Å². The van der Waals surface area contributed by atoms with Gasteiger partial charge in [0.25, 0.3) is 0 Å². The zero-order valence-corrected chi connectivity index (χ0v) is 16.1. The third-order valence-electron chi connectivity index (χ3n) is 4.82. The van der Waals surface area contributed by atoms with Crippen molar-refractivity contribution >= 4 is 29.3 Å². The van der Waals surface area contributed by atoms with Gasteiger partial charge in [0, 0.05) is 6.42 Å². The number of carbonyl (C=O) groups excluding carboxylic acids is 3. The van der Waals surface area contributed by atoms with Crippen molar-refractivity contribution in [2.45, 2.75) is 38.5 Å². The second-order valence-corrected chi connectivity index (χ2v) is 7.12. The van der Waals surface area contributed by atoms with Gasteiger partial charge in [0.2, 0.25) is 0 Å². The quantitative estimate of drug-likeness (QED) is 0.392. The number of hydrogen-bond donors (Lipinski definition) is 1. The van der Waals surface area contributed by atoms with E-state index < -0.39 is 5.97 Å². The molecule has 1 fully saturated rings. The topological polar surface area (TPSA) is 95.7 Å². The number of hydrogen-bond acceptors (Lipinski definition) is 6. The number of ether oxygens (including phenoxy) is 2. The molecule has 2 rings (SSSR count).